The van der Waals surface area contributed by atoms with Crippen LogP contribution in [0.4, 0.5) is 23.4 Å². The van der Waals surface area contributed by atoms with Crippen LogP contribution in [0, 0.1) is 41.2 Å². The lowest BCUT2D eigenvalue weighted by Crippen LogP contribution is -2.54. The van der Waals surface area contributed by atoms with Crippen molar-refractivity contribution in [2.45, 2.75) is 50.1 Å². The number of terminal acetylenes is 1. The maximum absolute atomic E-state index is 17.8. The fourth-order valence-electron chi connectivity index (χ4n) is 10.1. The summed E-state index contributed by atoms with van der Waals surface area (Å²) < 4.78 is 74.4. The summed E-state index contributed by atoms with van der Waals surface area (Å²) in [4.78, 5) is 16.8. The number of halogens is 4. The number of phenolic OH excluding ortho intramolecular Hbond substituents is 1. The minimum Gasteiger partial charge on any atom is -0.508 e. The Balaban J connectivity index is 1.11. The van der Waals surface area contributed by atoms with Crippen molar-refractivity contribution >= 4 is 38.4 Å². The average Bonchev–Trinajstić information content (AvgIpc) is 3.77. The minimum absolute atomic E-state index is 0.0179. The molecule has 3 aliphatic heterocycles. The molecule has 2 unspecified atom stereocenters. The molecule has 5 aromatic rings. The van der Waals surface area contributed by atoms with Crippen LogP contribution >= 0.6 is 0 Å². The van der Waals surface area contributed by atoms with Crippen molar-refractivity contribution in [2.24, 2.45) is 24.3 Å². The molecule has 5 heterocycles. The zero-order valence-electron chi connectivity index (χ0n) is 31.4. The predicted molar refractivity (Wildman–Crippen MR) is 204 cm³/mol. The zero-order chi connectivity index (χ0) is 38.7. The van der Waals surface area contributed by atoms with Crippen LogP contribution in [-0.4, -0.2) is 112 Å². The van der Waals surface area contributed by atoms with E-state index in [2.05, 4.69) is 20.6 Å². The predicted octanol–water partition coefficient (Wildman–Crippen LogP) is 6.35. The lowest BCUT2D eigenvalue weighted by Gasteiger charge is -2.42. The second-order valence-electron chi connectivity index (χ2n) is 16.7. The highest BCUT2D eigenvalue weighted by molar-refractivity contribution is 6.18. The van der Waals surface area contributed by atoms with E-state index in [-0.39, 0.29) is 63.5 Å². The van der Waals surface area contributed by atoms with E-state index in [1.54, 1.807) is 18.8 Å². The molecular weight excluding hydrogens is 726 g/mol. The van der Waals surface area contributed by atoms with Gasteiger partial charge in [-0.2, -0.15) is 15.1 Å². The highest BCUT2D eigenvalue weighted by Gasteiger charge is 2.71. The second kappa shape index (κ2) is 12.9. The third kappa shape index (κ3) is 5.68. The van der Waals surface area contributed by atoms with Crippen molar-refractivity contribution in [1.82, 2.24) is 29.5 Å². The van der Waals surface area contributed by atoms with Crippen molar-refractivity contribution in [3.05, 3.63) is 47.7 Å². The molecule has 0 amide bonds. The van der Waals surface area contributed by atoms with Gasteiger partial charge in [0.1, 0.15) is 28.4 Å². The molecule has 0 radical (unpaired) electrons. The highest BCUT2D eigenvalue weighted by Crippen LogP contribution is 2.60. The number of benzene rings is 3. The van der Waals surface area contributed by atoms with Gasteiger partial charge in [0.15, 0.2) is 5.82 Å². The summed E-state index contributed by atoms with van der Waals surface area (Å²) in [5.74, 6) is -2.16. The van der Waals surface area contributed by atoms with E-state index in [0.29, 0.717) is 53.7 Å². The van der Waals surface area contributed by atoms with Gasteiger partial charge in [0.25, 0.3) is 5.92 Å². The Morgan fingerprint density at radius 1 is 0.982 bits per heavy atom. The molecule has 14 heteroatoms. The van der Waals surface area contributed by atoms with Crippen LogP contribution in [0.15, 0.2) is 30.5 Å². The van der Waals surface area contributed by atoms with Crippen molar-refractivity contribution in [3.63, 3.8) is 0 Å². The van der Waals surface area contributed by atoms with Crippen molar-refractivity contribution in [2.75, 3.05) is 64.5 Å². The van der Waals surface area contributed by atoms with E-state index >= 15 is 8.78 Å². The van der Waals surface area contributed by atoms with Gasteiger partial charge in [-0.25, -0.2) is 17.6 Å². The monoisotopic (exact) mass is 769 g/mol. The highest BCUT2D eigenvalue weighted by atomic mass is 19.3. The number of phenols is 1. The molecule has 10 rings (SSSR count). The minimum atomic E-state index is -2.54. The second-order valence-corrected chi connectivity index (χ2v) is 16.7. The van der Waals surface area contributed by atoms with Crippen LogP contribution in [-0.2, 0) is 11.8 Å². The molecule has 0 spiro atoms. The van der Waals surface area contributed by atoms with Crippen molar-refractivity contribution in [3.8, 4) is 35.2 Å². The summed E-state index contributed by atoms with van der Waals surface area (Å²) in [6.45, 7) is 4.92. The number of ether oxygens (including phenoxy) is 2. The summed E-state index contributed by atoms with van der Waals surface area (Å²) in [5.41, 5.74) is 0.262. The number of piperidine rings is 1. The van der Waals surface area contributed by atoms with Crippen LogP contribution in [0.2, 0.25) is 0 Å². The summed E-state index contributed by atoms with van der Waals surface area (Å²) in [5, 5.41) is 17.5. The molecule has 2 aromatic heterocycles. The van der Waals surface area contributed by atoms with Crippen LogP contribution in [0.1, 0.15) is 37.7 Å². The molecule has 292 valence electrons. The summed E-state index contributed by atoms with van der Waals surface area (Å²) in [6.07, 6.45) is 12.2. The molecular formula is C42H43F4N7O3. The van der Waals surface area contributed by atoms with Crippen LogP contribution < -0.4 is 9.64 Å². The number of piperazine rings is 1. The number of hydrogen-bond donors (Lipinski definition) is 1. The molecule has 5 aliphatic rings. The van der Waals surface area contributed by atoms with Gasteiger partial charge < -0.3 is 24.4 Å². The zero-order valence-corrected chi connectivity index (χ0v) is 31.4. The van der Waals surface area contributed by atoms with Gasteiger partial charge in [0.2, 0.25) is 0 Å². The van der Waals surface area contributed by atoms with Crippen LogP contribution in [0.5, 0.6) is 11.8 Å². The molecule has 1 N–H and O–H groups in total. The fraction of sp³-hybridized carbons (Fsp3) is 0.500. The first kappa shape index (κ1) is 35.7. The lowest BCUT2D eigenvalue weighted by atomic mass is 9.91. The van der Waals surface area contributed by atoms with E-state index in [4.69, 9.17) is 31.0 Å². The molecule has 3 saturated heterocycles. The number of aryl methyl sites for hydroxylation is 1. The standard InChI is InChI=1S/C42H43F4N7O3/c1-4-27-32(43)9-6-23-14-26(54)15-28(33(23)27)34-36(44)38-35(29-18-50(2)49-37(29)34)39(53-24-7-8-25(53)17-51(16-24)12-5-13-55-3)48-40(47-38)56-22-41(10-11-41)21-52-19-30-31(20-52)42(30,45)46/h1,6,9,14-15,18,24-25,30-31,54H,5,7-8,10-13,16-17,19-22H2,2-3H3/t24-,25+,30?,31?. The molecule has 2 bridgehead atoms. The Morgan fingerprint density at radius 2 is 1.73 bits per heavy atom. The SMILES string of the molecule is C#Cc1c(F)ccc2cc(O)cc(-c3c(F)c4nc(OCC5(CN6CC7C(C6)C7(F)F)CC5)nc(N5[C@@H]6CC[C@H]5CN(CCCOC)C6)c4c4cn(C)nc34)c12. The topological polar surface area (TPSA) is 92.0 Å². The van der Waals surface area contributed by atoms with Crippen LogP contribution in [0.3, 0.4) is 0 Å². The Labute approximate surface area is 321 Å². The van der Waals surface area contributed by atoms with Crippen molar-refractivity contribution < 1.29 is 32.1 Å². The Bertz CT molecular complexity index is 2440. The quantitative estimate of drug-likeness (QED) is 0.0939. The van der Waals surface area contributed by atoms with E-state index in [9.17, 15) is 13.9 Å². The molecule has 4 atom stereocenters. The van der Waals surface area contributed by atoms with Gasteiger partial charge in [-0.1, -0.05) is 12.0 Å². The maximum atomic E-state index is 17.8. The summed E-state index contributed by atoms with van der Waals surface area (Å²) in [7, 11) is 3.46. The first-order chi connectivity index (χ1) is 27.0. The number of hydrogen-bond acceptors (Lipinski definition) is 9. The number of alkyl halides is 2. The fourth-order valence-corrected chi connectivity index (χ4v) is 10.1. The number of nitrogens with zero attached hydrogens (tertiary/aromatic N) is 7. The summed E-state index contributed by atoms with van der Waals surface area (Å²) in [6, 6.07) is 5.85. The largest absolute Gasteiger partial charge is 0.508 e. The Morgan fingerprint density at radius 3 is 2.43 bits per heavy atom. The molecule has 2 saturated carbocycles. The lowest BCUT2D eigenvalue weighted by molar-refractivity contribution is 0.0460. The van der Waals surface area contributed by atoms with Gasteiger partial charge in [0.05, 0.1) is 17.6 Å². The average molecular weight is 770 g/mol. The van der Waals surface area contributed by atoms with E-state index < -0.39 is 29.4 Å². The molecule has 2 aliphatic carbocycles. The number of rotatable bonds is 11. The number of aromatic nitrogens is 4. The number of methoxy groups -OCH3 is 1. The normalized spacial score (nSPS) is 25.0. The molecule has 56 heavy (non-hydrogen) atoms. The van der Waals surface area contributed by atoms with E-state index in [0.717, 1.165) is 51.7 Å². The first-order valence-corrected chi connectivity index (χ1v) is 19.5. The Kier molecular flexibility index (Phi) is 8.23. The van der Waals surface area contributed by atoms with Gasteiger partial charge in [-0.15, -0.1) is 6.42 Å². The van der Waals surface area contributed by atoms with E-state index in [1.807, 2.05) is 6.20 Å². The molecule has 3 aromatic carbocycles. The van der Waals surface area contributed by atoms with Gasteiger partial charge >= 0.3 is 6.01 Å². The van der Waals surface area contributed by atoms with Gasteiger partial charge in [-0.05, 0) is 61.3 Å². The van der Waals surface area contributed by atoms with Gasteiger partial charge in [-0.3, -0.25) is 9.58 Å². The third-order valence-corrected chi connectivity index (χ3v) is 13.0. The maximum Gasteiger partial charge on any atom is 0.319 e. The summed E-state index contributed by atoms with van der Waals surface area (Å²) >= 11 is 0. The molecule has 10 nitrogen and oxygen atoms in total. The van der Waals surface area contributed by atoms with E-state index in [1.165, 1.54) is 24.3 Å². The third-order valence-electron chi connectivity index (χ3n) is 13.0. The smallest absolute Gasteiger partial charge is 0.319 e. The Hall–Kier alpha value is -4.71. The first-order valence-electron chi connectivity index (χ1n) is 19.5. The number of likely N-dealkylation sites (tertiary alicyclic amines) is 2. The number of aromatic hydroxyl groups is 1. The van der Waals surface area contributed by atoms with Crippen LogP contribution in [0.25, 0.3) is 43.7 Å². The number of anilines is 1. The number of fused-ring (bicyclic) bond motifs is 7. The molecule has 5 fully saturated rings. The van der Waals surface area contributed by atoms with Gasteiger partial charge in [0, 0.05) is 112 Å². The van der Waals surface area contributed by atoms with Crippen molar-refractivity contribution in [1.29, 1.82) is 0 Å².